The Morgan fingerprint density at radius 3 is 2.64 bits per heavy atom. The van der Waals surface area contributed by atoms with Crippen molar-refractivity contribution in [3.8, 4) is 17.0 Å². The largest absolute Gasteiger partial charge is 0.494 e. The van der Waals surface area contributed by atoms with Crippen LogP contribution in [0.3, 0.4) is 0 Å². The monoisotopic (exact) mass is 491 g/mol. The molecule has 36 heavy (non-hydrogen) atoms. The Kier molecular flexibility index (Phi) is 8.80. The van der Waals surface area contributed by atoms with Crippen LogP contribution >= 0.6 is 0 Å². The van der Waals surface area contributed by atoms with Gasteiger partial charge >= 0.3 is 0 Å². The number of nitro groups is 1. The second-order valence-electron chi connectivity index (χ2n) is 7.88. The van der Waals surface area contributed by atoms with E-state index >= 15 is 0 Å². The van der Waals surface area contributed by atoms with Gasteiger partial charge in [0.1, 0.15) is 11.4 Å². The molecule has 2 N–H and O–H groups in total. The molecule has 0 aliphatic carbocycles. The minimum absolute atomic E-state index is 0.0351. The maximum absolute atomic E-state index is 11.8. The maximum atomic E-state index is 11.8. The Balaban J connectivity index is 0.00000176. The standard InChI is InChI=1S/C24H27N7O3.C2H6/c1-25-11-12-29(2)21-14-23(34-4)19(13-22(21)31(32)33)28-24-26-10-9-18(27-24)17-15-30(3)20-8-6-5-7-16(17)20;1-2/h5-10,13-15,25H,11-12H2,1-4H3,(H,26,27,28);1-2H3. The van der Waals surface area contributed by atoms with Crippen molar-refractivity contribution in [3.63, 3.8) is 0 Å². The molecule has 10 heteroatoms. The van der Waals surface area contributed by atoms with Gasteiger partial charge < -0.3 is 24.8 Å². The Bertz CT molecular complexity index is 1340. The summed E-state index contributed by atoms with van der Waals surface area (Å²) < 4.78 is 7.59. The highest BCUT2D eigenvalue weighted by atomic mass is 16.6. The molecule has 0 atom stereocenters. The number of nitro benzene ring substituents is 1. The third-order valence-corrected chi connectivity index (χ3v) is 5.68. The van der Waals surface area contributed by atoms with Gasteiger partial charge in [-0.3, -0.25) is 10.1 Å². The summed E-state index contributed by atoms with van der Waals surface area (Å²) in [4.78, 5) is 22.2. The molecule has 0 bridgehead atoms. The molecule has 4 aromatic rings. The predicted molar refractivity (Wildman–Crippen MR) is 145 cm³/mol. The minimum Gasteiger partial charge on any atom is -0.494 e. The number of aromatic nitrogens is 3. The number of nitrogens with zero attached hydrogens (tertiary/aromatic N) is 5. The fourth-order valence-electron chi connectivity index (χ4n) is 3.91. The van der Waals surface area contributed by atoms with E-state index in [4.69, 9.17) is 4.74 Å². The first-order valence-electron chi connectivity index (χ1n) is 11.8. The van der Waals surface area contributed by atoms with Crippen molar-refractivity contribution >= 4 is 33.9 Å². The number of aryl methyl sites for hydroxylation is 1. The van der Waals surface area contributed by atoms with Gasteiger partial charge in [0.2, 0.25) is 5.95 Å². The summed E-state index contributed by atoms with van der Waals surface area (Å²) in [5, 5.41) is 19.1. The summed E-state index contributed by atoms with van der Waals surface area (Å²) in [6.45, 7) is 5.29. The lowest BCUT2D eigenvalue weighted by Crippen LogP contribution is -2.27. The molecule has 2 aromatic carbocycles. The van der Waals surface area contributed by atoms with E-state index in [1.165, 1.54) is 13.2 Å². The van der Waals surface area contributed by atoms with Gasteiger partial charge in [0, 0.05) is 68.2 Å². The Morgan fingerprint density at radius 2 is 1.94 bits per heavy atom. The number of nitrogens with one attached hydrogen (secondary N) is 2. The zero-order valence-corrected chi connectivity index (χ0v) is 21.6. The second kappa shape index (κ2) is 12.0. The van der Waals surface area contributed by atoms with Crippen molar-refractivity contribution in [2.24, 2.45) is 7.05 Å². The van der Waals surface area contributed by atoms with Crippen LogP contribution in [0.5, 0.6) is 5.75 Å². The van der Waals surface area contributed by atoms with Gasteiger partial charge in [0.25, 0.3) is 5.69 Å². The van der Waals surface area contributed by atoms with E-state index in [-0.39, 0.29) is 5.69 Å². The Labute approximate surface area is 211 Å². The number of fused-ring (bicyclic) bond motifs is 1. The van der Waals surface area contributed by atoms with Crippen molar-refractivity contribution in [2.75, 3.05) is 44.5 Å². The van der Waals surface area contributed by atoms with Gasteiger partial charge in [-0.25, -0.2) is 9.97 Å². The first-order valence-corrected chi connectivity index (χ1v) is 11.8. The number of hydrogen-bond acceptors (Lipinski definition) is 8. The van der Waals surface area contributed by atoms with E-state index in [0.717, 1.165) is 22.2 Å². The molecular weight excluding hydrogens is 458 g/mol. The lowest BCUT2D eigenvalue weighted by Gasteiger charge is -2.21. The van der Waals surface area contributed by atoms with Crippen molar-refractivity contribution < 1.29 is 9.66 Å². The number of rotatable bonds is 9. The van der Waals surface area contributed by atoms with E-state index in [1.54, 1.807) is 12.3 Å². The molecule has 4 rings (SSSR count). The SMILES string of the molecule is CC.CNCCN(C)c1cc(OC)c(Nc2nccc(-c3cn(C)c4ccccc34)n2)cc1[N+](=O)[O-]. The van der Waals surface area contributed by atoms with Crippen molar-refractivity contribution in [3.05, 3.63) is 65.0 Å². The normalized spacial score (nSPS) is 10.5. The van der Waals surface area contributed by atoms with Crippen LogP contribution in [0.4, 0.5) is 23.0 Å². The number of benzene rings is 2. The van der Waals surface area contributed by atoms with Crippen LogP contribution in [0.1, 0.15) is 13.8 Å². The minimum atomic E-state index is -0.400. The Hall–Kier alpha value is -4.18. The third kappa shape index (κ3) is 5.55. The zero-order valence-electron chi connectivity index (χ0n) is 21.6. The highest BCUT2D eigenvalue weighted by Crippen LogP contribution is 2.39. The molecule has 0 saturated carbocycles. The van der Waals surface area contributed by atoms with Crippen molar-refractivity contribution in [1.82, 2.24) is 19.9 Å². The average molecular weight is 492 g/mol. The van der Waals surface area contributed by atoms with Crippen LogP contribution in [0, 0.1) is 10.1 Å². The summed E-state index contributed by atoms with van der Waals surface area (Å²) in [5.41, 5.74) is 3.66. The van der Waals surface area contributed by atoms with Crippen LogP contribution in [-0.4, -0.2) is 53.8 Å². The second-order valence-corrected chi connectivity index (χ2v) is 7.88. The molecule has 0 aliphatic rings. The van der Waals surface area contributed by atoms with Gasteiger partial charge in [-0.05, 0) is 19.2 Å². The quantitative estimate of drug-likeness (QED) is 0.249. The topological polar surface area (TPSA) is 110 Å². The van der Waals surface area contributed by atoms with Gasteiger partial charge in [0.15, 0.2) is 0 Å². The molecule has 2 heterocycles. The average Bonchev–Trinajstić information content (AvgIpc) is 3.24. The van der Waals surface area contributed by atoms with Crippen LogP contribution in [0.25, 0.3) is 22.2 Å². The zero-order chi connectivity index (χ0) is 26.2. The first kappa shape index (κ1) is 26.4. The predicted octanol–water partition coefficient (Wildman–Crippen LogP) is 4.98. The summed E-state index contributed by atoms with van der Waals surface area (Å²) in [6.07, 6.45) is 3.69. The summed E-state index contributed by atoms with van der Waals surface area (Å²) in [6, 6.07) is 13.0. The van der Waals surface area contributed by atoms with E-state index < -0.39 is 4.92 Å². The van der Waals surface area contributed by atoms with E-state index in [9.17, 15) is 10.1 Å². The third-order valence-electron chi connectivity index (χ3n) is 5.68. The number of likely N-dealkylation sites (N-methyl/N-ethyl adjacent to an activating group) is 2. The molecule has 10 nitrogen and oxygen atoms in total. The first-order chi connectivity index (χ1) is 17.4. The molecule has 0 aliphatic heterocycles. The highest BCUT2D eigenvalue weighted by molar-refractivity contribution is 5.95. The number of methoxy groups -OCH3 is 1. The lowest BCUT2D eigenvalue weighted by atomic mass is 10.1. The van der Waals surface area contributed by atoms with E-state index in [2.05, 4.69) is 37.3 Å². The molecule has 0 unspecified atom stereocenters. The maximum Gasteiger partial charge on any atom is 0.294 e. The Morgan fingerprint density at radius 1 is 1.19 bits per heavy atom. The smallest absolute Gasteiger partial charge is 0.294 e. The number of ether oxygens (including phenoxy) is 1. The van der Waals surface area contributed by atoms with Gasteiger partial charge in [-0.1, -0.05) is 32.0 Å². The van der Waals surface area contributed by atoms with Gasteiger partial charge in [0.05, 0.1) is 23.4 Å². The highest BCUT2D eigenvalue weighted by Gasteiger charge is 2.22. The van der Waals surface area contributed by atoms with Crippen molar-refractivity contribution in [2.45, 2.75) is 13.8 Å². The van der Waals surface area contributed by atoms with Crippen molar-refractivity contribution in [1.29, 1.82) is 0 Å². The molecule has 2 aromatic heterocycles. The molecular formula is C26H33N7O3. The van der Waals surface area contributed by atoms with Crippen LogP contribution in [-0.2, 0) is 7.05 Å². The summed E-state index contributed by atoms with van der Waals surface area (Å²) in [7, 11) is 7.16. The van der Waals surface area contributed by atoms with Crippen LogP contribution in [0.15, 0.2) is 54.9 Å². The molecule has 0 amide bonds. The fourth-order valence-corrected chi connectivity index (χ4v) is 3.91. The molecule has 0 spiro atoms. The fraction of sp³-hybridized carbons (Fsp3) is 0.308. The summed E-state index contributed by atoms with van der Waals surface area (Å²) in [5.74, 6) is 0.769. The molecule has 190 valence electrons. The summed E-state index contributed by atoms with van der Waals surface area (Å²) >= 11 is 0. The van der Waals surface area contributed by atoms with E-state index in [1.807, 2.05) is 64.3 Å². The lowest BCUT2D eigenvalue weighted by molar-refractivity contribution is -0.384. The van der Waals surface area contributed by atoms with Crippen LogP contribution in [0.2, 0.25) is 0 Å². The molecule has 0 radical (unpaired) electrons. The van der Waals surface area contributed by atoms with Gasteiger partial charge in [-0.15, -0.1) is 0 Å². The van der Waals surface area contributed by atoms with E-state index in [0.29, 0.717) is 36.2 Å². The number of para-hydroxylation sites is 1. The molecule has 0 saturated heterocycles. The number of hydrogen-bond donors (Lipinski definition) is 2. The van der Waals surface area contributed by atoms with Gasteiger partial charge in [-0.2, -0.15) is 0 Å². The van der Waals surface area contributed by atoms with Crippen LogP contribution < -0.4 is 20.3 Å². The number of anilines is 3. The molecule has 0 fully saturated rings.